The molecule has 2 aliphatic rings. The summed E-state index contributed by atoms with van der Waals surface area (Å²) < 4.78 is 4.87. The standard InChI is InChI=1S/C16H22N2O2/c1-20-15(19)12-6-5-7-13-14(12)18-11-16(10-17-13)8-3-2-4-9-16/h5-7,17-18H,2-4,8-11H2,1H3. The first-order valence-electron chi connectivity index (χ1n) is 7.43. The fourth-order valence-electron chi connectivity index (χ4n) is 3.45. The van der Waals surface area contributed by atoms with Gasteiger partial charge in [-0.3, -0.25) is 0 Å². The van der Waals surface area contributed by atoms with Crippen molar-refractivity contribution in [2.45, 2.75) is 32.1 Å². The number of fused-ring (bicyclic) bond motifs is 1. The summed E-state index contributed by atoms with van der Waals surface area (Å²) in [4.78, 5) is 11.9. The Bertz CT molecular complexity index is 507. The third-order valence-electron chi connectivity index (χ3n) is 4.68. The summed E-state index contributed by atoms with van der Waals surface area (Å²) in [5, 5.41) is 7.04. The third kappa shape index (κ3) is 2.35. The molecular formula is C16H22N2O2. The molecule has 0 aromatic heterocycles. The number of nitrogens with one attached hydrogen (secondary N) is 2. The van der Waals surface area contributed by atoms with Crippen LogP contribution in [0.15, 0.2) is 18.2 Å². The maximum Gasteiger partial charge on any atom is 0.340 e. The zero-order valence-corrected chi connectivity index (χ0v) is 12.0. The lowest BCUT2D eigenvalue weighted by Gasteiger charge is -2.36. The van der Waals surface area contributed by atoms with E-state index in [0.717, 1.165) is 24.5 Å². The predicted molar refractivity (Wildman–Crippen MR) is 80.3 cm³/mol. The molecule has 0 atom stereocenters. The van der Waals surface area contributed by atoms with Gasteiger partial charge in [-0.2, -0.15) is 0 Å². The summed E-state index contributed by atoms with van der Waals surface area (Å²) >= 11 is 0. The molecule has 4 heteroatoms. The Labute approximate surface area is 119 Å². The molecule has 0 bridgehead atoms. The van der Waals surface area contributed by atoms with E-state index < -0.39 is 0 Å². The molecule has 0 radical (unpaired) electrons. The lowest BCUT2D eigenvalue weighted by Crippen LogP contribution is -2.36. The Morgan fingerprint density at radius 3 is 2.65 bits per heavy atom. The molecule has 1 aliphatic carbocycles. The van der Waals surface area contributed by atoms with Crippen molar-refractivity contribution in [2.75, 3.05) is 30.8 Å². The number of ether oxygens (including phenoxy) is 1. The molecule has 20 heavy (non-hydrogen) atoms. The summed E-state index contributed by atoms with van der Waals surface area (Å²) in [6, 6.07) is 5.74. The Balaban J connectivity index is 1.88. The van der Waals surface area contributed by atoms with E-state index in [1.54, 1.807) is 0 Å². The Kier molecular flexibility index (Phi) is 3.55. The first kappa shape index (κ1) is 13.3. The summed E-state index contributed by atoms with van der Waals surface area (Å²) in [6.45, 7) is 1.92. The number of para-hydroxylation sites is 1. The fraction of sp³-hybridized carbons (Fsp3) is 0.562. The van der Waals surface area contributed by atoms with E-state index in [-0.39, 0.29) is 5.97 Å². The van der Waals surface area contributed by atoms with Crippen molar-refractivity contribution in [3.05, 3.63) is 23.8 Å². The molecule has 4 nitrogen and oxygen atoms in total. The number of esters is 1. The van der Waals surface area contributed by atoms with Gasteiger partial charge in [-0.15, -0.1) is 0 Å². The Hall–Kier alpha value is -1.71. The Morgan fingerprint density at radius 2 is 1.90 bits per heavy atom. The van der Waals surface area contributed by atoms with Crippen molar-refractivity contribution in [3.63, 3.8) is 0 Å². The molecule has 0 saturated heterocycles. The molecule has 3 rings (SSSR count). The van der Waals surface area contributed by atoms with E-state index in [0.29, 0.717) is 11.0 Å². The number of carbonyl (C=O) groups excluding carboxylic acids is 1. The summed E-state index contributed by atoms with van der Waals surface area (Å²) in [5.41, 5.74) is 2.84. The second-order valence-corrected chi connectivity index (χ2v) is 5.99. The lowest BCUT2D eigenvalue weighted by molar-refractivity contribution is 0.0602. The molecule has 0 amide bonds. The third-order valence-corrected chi connectivity index (χ3v) is 4.68. The smallest absolute Gasteiger partial charge is 0.340 e. The highest BCUT2D eigenvalue weighted by molar-refractivity contribution is 5.99. The van der Waals surface area contributed by atoms with Gasteiger partial charge in [0.2, 0.25) is 0 Å². The van der Waals surface area contributed by atoms with Gasteiger partial charge < -0.3 is 15.4 Å². The number of carbonyl (C=O) groups is 1. The predicted octanol–water partition coefficient (Wildman–Crippen LogP) is 3.26. The number of hydrogen-bond donors (Lipinski definition) is 2. The van der Waals surface area contributed by atoms with Gasteiger partial charge in [0, 0.05) is 18.5 Å². The molecule has 1 aromatic rings. The van der Waals surface area contributed by atoms with Gasteiger partial charge in [-0.25, -0.2) is 4.79 Å². The van der Waals surface area contributed by atoms with Gasteiger partial charge in [0.15, 0.2) is 0 Å². The number of benzene rings is 1. The van der Waals surface area contributed by atoms with Crippen LogP contribution in [-0.4, -0.2) is 26.2 Å². The fourth-order valence-corrected chi connectivity index (χ4v) is 3.45. The maximum atomic E-state index is 11.9. The molecule has 2 N–H and O–H groups in total. The number of rotatable bonds is 1. The Morgan fingerprint density at radius 1 is 1.15 bits per heavy atom. The molecule has 1 aromatic carbocycles. The molecule has 0 unspecified atom stereocenters. The minimum absolute atomic E-state index is 0.282. The monoisotopic (exact) mass is 274 g/mol. The first-order chi connectivity index (χ1) is 9.74. The number of anilines is 2. The van der Waals surface area contributed by atoms with E-state index in [1.165, 1.54) is 39.2 Å². The van der Waals surface area contributed by atoms with Gasteiger partial charge in [-0.1, -0.05) is 25.3 Å². The van der Waals surface area contributed by atoms with Crippen LogP contribution in [0.2, 0.25) is 0 Å². The normalized spacial score (nSPS) is 20.2. The highest BCUT2D eigenvalue weighted by Crippen LogP contribution is 2.40. The van der Waals surface area contributed by atoms with Crippen LogP contribution in [0.3, 0.4) is 0 Å². The average molecular weight is 274 g/mol. The van der Waals surface area contributed by atoms with Gasteiger partial charge in [0.25, 0.3) is 0 Å². The van der Waals surface area contributed by atoms with Crippen molar-refractivity contribution in [1.82, 2.24) is 0 Å². The van der Waals surface area contributed by atoms with E-state index in [2.05, 4.69) is 10.6 Å². The number of hydrogen-bond acceptors (Lipinski definition) is 4. The highest BCUT2D eigenvalue weighted by Gasteiger charge is 2.34. The minimum atomic E-state index is -0.282. The lowest BCUT2D eigenvalue weighted by atomic mass is 9.74. The van der Waals surface area contributed by atoms with Crippen molar-refractivity contribution < 1.29 is 9.53 Å². The van der Waals surface area contributed by atoms with Crippen LogP contribution >= 0.6 is 0 Å². The van der Waals surface area contributed by atoms with Gasteiger partial charge in [-0.05, 0) is 25.0 Å². The summed E-state index contributed by atoms with van der Waals surface area (Å²) in [6.07, 6.45) is 6.48. The molecule has 1 aliphatic heterocycles. The molecule has 1 fully saturated rings. The largest absolute Gasteiger partial charge is 0.465 e. The van der Waals surface area contributed by atoms with Crippen molar-refractivity contribution in [2.24, 2.45) is 5.41 Å². The van der Waals surface area contributed by atoms with Crippen LogP contribution in [0.1, 0.15) is 42.5 Å². The molecular weight excluding hydrogens is 252 g/mol. The maximum absolute atomic E-state index is 11.9. The van der Waals surface area contributed by atoms with Crippen LogP contribution in [0, 0.1) is 5.41 Å². The van der Waals surface area contributed by atoms with Gasteiger partial charge in [0.05, 0.1) is 24.0 Å². The van der Waals surface area contributed by atoms with Crippen molar-refractivity contribution in [1.29, 1.82) is 0 Å². The zero-order valence-electron chi connectivity index (χ0n) is 12.0. The summed E-state index contributed by atoms with van der Waals surface area (Å²) in [7, 11) is 1.43. The topological polar surface area (TPSA) is 50.4 Å². The second-order valence-electron chi connectivity index (χ2n) is 5.99. The summed E-state index contributed by atoms with van der Waals surface area (Å²) in [5.74, 6) is -0.282. The zero-order chi connectivity index (χ0) is 14.0. The first-order valence-corrected chi connectivity index (χ1v) is 7.43. The van der Waals surface area contributed by atoms with E-state index in [1.807, 2.05) is 18.2 Å². The molecule has 1 spiro atoms. The highest BCUT2D eigenvalue weighted by atomic mass is 16.5. The average Bonchev–Trinajstić information content (AvgIpc) is 2.68. The van der Waals surface area contributed by atoms with Crippen LogP contribution < -0.4 is 10.6 Å². The molecule has 108 valence electrons. The minimum Gasteiger partial charge on any atom is -0.465 e. The van der Waals surface area contributed by atoms with Crippen molar-refractivity contribution in [3.8, 4) is 0 Å². The molecule has 1 saturated carbocycles. The SMILES string of the molecule is COC(=O)c1cccc2c1NCC1(CCCCC1)CN2. The second kappa shape index (κ2) is 5.35. The van der Waals surface area contributed by atoms with Crippen LogP contribution in [0.25, 0.3) is 0 Å². The quantitative estimate of drug-likeness (QED) is 0.772. The van der Waals surface area contributed by atoms with E-state index >= 15 is 0 Å². The van der Waals surface area contributed by atoms with Crippen LogP contribution in [0.5, 0.6) is 0 Å². The van der Waals surface area contributed by atoms with E-state index in [4.69, 9.17) is 4.74 Å². The van der Waals surface area contributed by atoms with E-state index in [9.17, 15) is 4.79 Å². The van der Waals surface area contributed by atoms with Crippen molar-refractivity contribution >= 4 is 17.3 Å². The van der Waals surface area contributed by atoms with Gasteiger partial charge in [0.1, 0.15) is 0 Å². The van der Waals surface area contributed by atoms with Crippen LogP contribution in [0.4, 0.5) is 11.4 Å². The van der Waals surface area contributed by atoms with Gasteiger partial charge >= 0.3 is 5.97 Å². The number of methoxy groups -OCH3 is 1. The van der Waals surface area contributed by atoms with Crippen LogP contribution in [-0.2, 0) is 4.74 Å². The molecule has 1 heterocycles.